The number of esters is 1. The molecule has 0 saturated carbocycles. The standard InChI is InChI=1S/C21H38Br2O4/c1-2-3-4-5-6-7-8-9-10-11-12-13-14-15-16-17-18(24)27-21(23)19(25)20(22)26/h9-10,19-21,25-26H,2-8,11-17H2,1H3/b10-9-. The zero-order valence-corrected chi connectivity index (χ0v) is 19.9. The van der Waals surface area contributed by atoms with Crippen molar-refractivity contribution in [2.75, 3.05) is 0 Å². The van der Waals surface area contributed by atoms with Crippen LogP contribution in [0.25, 0.3) is 0 Å². The van der Waals surface area contributed by atoms with Crippen LogP contribution < -0.4 is 0 Å². The molecule has 0 spiro atoms. The fourth-order valence-electron chi connectivity index (χ4n) is 2.72. The van der Waals surface area contributed by atoms with E-state index >= 15 is 0 Å². The SMILES string of the molecule is CCCCCCCC/C=C\CCCCCCCC(=O)OC(Br)C(O)C(O)Br. The van der Waals surface area contributed by atoms with Gasteiger partial charge in [-0.3, -0.25) is 4.79 Å². The second-order valence-electron chi connectivity index (χ2n) is 7.04. The van der Waals surface area contributed by atoms with E-state index in [9.17, 15) is 9.90 Å². The third kappa shape index (κ3) is 17.9. The normalized spacial score (nSPS) is 15.0. The molecule has 3 atom stereocenters. The van der Waals surface area contributed by atoms with Crippen LogP contribution in [0.4, 0.5) is 0 Å². The topological polar surface area (TPSA) is 66.8 Å². The Hall–Kier alpha value is 0.0900. The molecular weight excluding hydrogens is 476 g/mol. The van der Waals surface area contributed by atoms with Crippen molar-refractivity contribution in [1.82, 2.24) is 0 Å². The molecule has 6 heteroatoms. The zero-order chi connectivity index (χ0) is 20.3. The first kappa shape index (κ1) is 27.1. The first-order valence-electron chi connectivity index (χ1n) is 10.5. The molecule has 3 unspecified atom stereocenters. The van der Waals surface area contributed by atoms with Gasteiger partial charge in [0.2, 0.25) is 0 Å². The van der Waals surface area contributed by atoms with E-state index in [0.717, 1.165) is 25.7 Å². The molecule has 0 rings (SSSR count). The number of alkyl halides is 2. The van der Waals surface area contributed by atoms with Gasteiger partial charge in [-0.15, -0.1) is 0 Å². The van der Waals surface area contributed by atoms with Crippen molar-refractivity contribution >= 4 is 37.8 Å². The largest absolute Gasteiger partial charge is 0.448 e. The van der Waals surface area contributed by atoms with E-state index < -0.39 is 16.1 Å². The molecule has 4 nitrogen and oxygen atoms in total. The van der Waals surface area contributed by atoms with Gasteiger partial charge in [0.1, 0.15) is 11.1 Å². The van der Waals surface area contributed by atoms with Gasteiger partial charge in [0, 0.05) is 6.42 Å². The van der Waals surface area contributed by atoms with E-state index in [1.807, 2.05) is 0 Å². The number of hydrogen-bond donors (Lipinski definition) is 2. The summed E-state index contributed by atoms with van der Waals surface area (Å²) in [5.74, 6) is -0.360. The molecule has 0 amide bonds. The summed E-state index contributed by atoms with van der Waals surface area (Å²) in [7, 11) is 0. The third-order valence-corrected chi connectivity index (χ3v) is 5.71. The van der Waals surface area contributed by atoms with Crippen molar-refractivity contribution in [2.24, 2.45) is 0 Å². The zero-order valence-electron chi connectivity index (χ0n) is 16.8. The number of halogens is 2. The minimum Gasteiger partial charge on any atom is -0.448 e. The number of unbranched alkanes of at least 4 members (excludes halogenated alkanes) is 11. The minimum absolute atomic E-state index is 0.339. The Bertz CT molecular complexity index is 375. The van der Waals surface area contributed by atoms with Gasteiger partial charge >= 0.3 is 5.97 Å². The predicted octanol–water partition coefficient (Wildman–Crippen LogP) is 6.36. The fourth-order valence-corrected chi connectivity index (χ4v) is 3.90. The summed E-state index contributed by atoms with van der Waals surface area (Å²) in [5, 5.41) is 16.7. The second-order valence-corrected chi connectivity index (χ2v) is 8.88. The van der Waals surface area contributed by atoms with Gasteiger partial charge in [0.25, 0.3) is 0 Å². The quantitative estimate of drug-likeness (QED) is 0.0967. The number of carbonyl (C=O) groups is 1. The highest BCUT2D eigenvalue weighted by molar-refractivity contribution is 9.10. The maximum absolute atomic E-state index is 11.6. The minimum atomic E-state index is -1.19. The number of allylic oxidation sites excluding steroid dienone is 2. The van der Waals surface area contributed by atoms with Gasteiger partial charge in [-0.1, -0.05) is 86.4 Å². The molecular formula is C21H38Br2O4. The summed E-state index contributed by atoms with van der Waals surface area (Å²) in [6, 6.07) is 0. The molecule has 0 aromatic carbocycles. The highest BCUT2D eigenvalue weighted by Crippen LogP contribution is 2.16. The van der Waals surface area contributed by atoms with Crippen molar-refractivity contribution in [2.45, 2.75) is 113 Å². The number of aliphatic hydroxyl groups is 2. The molecule has 0 aliphatic heterocycles. The molecule has 0 saturated heterocycles. The van der Waals surface area contributed by atoms with Gasteiger partial charge in [-0.2, -0.15) is 0 Å². The van der Waals surface area contributed by atoms with Crippen LogP contribution in [0.1, 0.15) is 96.8 Å². The van der Waals surface area contributed by atoms with Gasteiger partial charge in [0.15, 0.2) is 5.01 Å². The molecule has 27 heavy (non-hydrogen) atoms. The van der Waals surface area contributed by atoms with Crippen LogP contribution in [-0.2, 0) is 9.53 Å². The number of carbonyl (C=O) groups excluding carboxylic acids is 1. The van der Waals surface area contributed by atoms with Crippen LogP contribution in [0.5, 0.6) is 0 Å². The van der Waals surface area contributed by atoms with Crippen molar-refractivity contribution in [3.63, 3.8) is 0 Å². The summed E-state index contributed by atoms with van der Waals surface area (Å²) in [6.07, 6.45) is 19.6. The summed E-state index contributed by atoms with van der Waals surface area (Å²) in [5.41, 5.74) is 0. The van der Waals surface area contributed by atoms with E-state index in [-0.39, 0.29) is 5.97 Å². The van der Waals surface area contributed by atoms with E-state index in [4.69, 9.17) is 9.84 Å². The van der Waals surface area contributed by atoms with Crippen molar-refractivity contribution < 1.29 is 19.7 Å². The predicted molar refractivity (Wildman–Crippen MR) is 119 cm³/mol. The summed E-state index contributed by atoms with van der Waals surface area (Å²) >= 11 is 5.87. The molecule has 0 radical (unpaired) electrons. The molecule has 0 fully saturated rings. The van der Waals surface area contributed by atoms with Gasteiger partial charge in [-0.25, -0.2) is 0 Å². The van der Waals surface area contributed by atoms with Crippen molar-refractivity contribution in [3.8, 4) is 0 Å². The number of ether oxygens (including phenoxy) is 1. The van der Waals surface area contributed by atoms with Gasteiger partial charge < -0.3 is 14.9 Å². The third-order valence-electron chi connectivity index (χ3n) is 4.44. The second kappa shape index (κ2) is 19.4. The number of rotatable bonds is 18. The molecule has 160 valence electrons. The Morgan fingerprint density at radius 3 is 1.85 bits per heavy atom. The van der Waals surface area contributed by atoms with E-state index in [0.29, 0.717) is 6.42 Å². The lowest BCUT2D eigenvalue weighted by Crippen LogP contribution is -2.33. The lowest BCUT2D eigenvalue weighted by molar-refractivity contribution is -0.149. The Morgan fingerprint density at radius 1 is 0.852 bits per heavy atom. The molecule has 0 aliphatic carbocycles. The fraction of sp³-hybridized carbons (Fsp3) is 0.857. The maximum Gasteiger partial charge on any atom is 0.307 e. The Kier molecular flexibility index (Phi) is 19.5. The first-order chi connectivity index (χ1) is 13.0. The Morgan fingerprint density at radius 2 is 1.33 bits per heavy atom. The summed E-state index contributed by atoms with van der Waals surface area (Å²) < 4.78 is 5.02. The van der Waals surface area contributed by atoms with Crippen LogP contribution in [0, 0.1) is 0 Å². The van der Waals surface area contributed by atoms with Gasteiger partial charge in [0.05, 0.1) is 0 Å². The molecule has 0 heterocycles. The molecule has 0 aromatic rings. The Labute approximate surface area is 182 Å². The number of hydrogen-bond acceptors (Lipinski definition) is 4. The monoisotopic (exact) mass is 512 g/mol. The van der Waals surface area contributed by atoms with Crippen LogP contribution in [-0.4, -0.2) is 32.3 Å². The van der Waals surface area contributed by atoms with Crippen LogP contribution in [0.15, 0.2) is 12.2 Å². The maximum atomic E-state index is 11.6. The van der Waals surface area contributed by atoms with E-state index in [1.165, 1.54) is 57.8 Å². The highest BCUT2D eigenvalue weighted by atomic mass is 79.9. The molecule has 0 bridgehead atoms. The summed E-state index contributed by atoms with van der Waals surface area (Å²) in [6.45, 7) is 2.25. The smallest absolute Gasteiger partial charge is 0.307 e. The van der Waals surface area contributed by atoms with Crippen LogP contribution in [0.2, 0.25) is 0 Å². The highest BCUT2D eigenvalue weighted by Gasteiger charge is 2.25. The van der Waals surface area contributed by atoms with Crippen molar-refractivity contribution in [1.29, 1.82) is 0 Å². The lowest BCUT2D eigenvalue weighted by atomic mass is 10.1. The molecule has 0 aromatic heterocycles. The summed E-state index contributed by atoms with van der Waals surface area (Å²) in [4.78, 5) is 11.6. The van der Waals surface area contributed by atoms with E-state index in [2.05, 4.69) is 50.9 Å². The van der Waals surface area contributed by atoms with Crippen LogP contribution in [0.3, 0.4) is 0 Å². The first-order valence-corrected chi connectivity index (χ1v) is 12.3. The van der Waals surface area contributed by atoms with Gasteiger partial charge in [-0.05, 0) is 48.0 Å². The number of aliphatic hydroxyl groups excluding tert-OH is 2. The van der Waals surface area contributed by atoms with Crippen LogP contribution >= 0.6 is 31.9 Å². The Balaban J connectivity index is 3.39. The average molecular weight is 514 g/mol. The average Bonchev–Trinajstić information content (AvgIpc) is 2.64. The van der Waals surface area contributed by atoms with Crippen molar-refractivity contribution in [3.05, 3.63) is 12.2 Å². The lowest BCUT2D eigenvalue weighted by Gasteiger charge is -2.18. The van der Waals surface area contributed by atoms with E-state index in [1.54, 1.807) is 0 Å². The molecule has 0 aliphatic rings. The molecule has 2 N–H and O–H groups in total.